The average molecular weight is 462 g/mol. The first-order chi connectivity index (χ1) is 16.5. The molecule has 34 heavy (non-hydrogen) atoms. The van der Waals surface area contributed by atoms with Crippen molar-refractivity contribution in [1.29, 1.82) is 0 Å². The molecule has 0 radical (unpaired) electrons. The van der Waals surface area contributed by atoms with Gasteiger partial charge in [-0.1, -0.05) is 37.3 Å². The van der Waals surface area contributed by atoms with Gasteiger partial charge in [-0.2, -0.15) is 0 Å². The summed E-state index contributed by atoms with van der Waals surface area (Å²) in [5, 5.41) is 0.861. The number of fused-ring (bicyclic) bond motifs is 1. The van der Waals surface area contributed by atoms with E-state index in [9.17, 15) is 4.79 Å². The minimum absolute atomic E-state index is 0.106. The molecule has 6 heteroatoms. The summed E-state index contributed by atoms with van der Waals surface area (Å²) in [6, 6.07) is 16.7. The van der Waals surface area contributed by atoms with Crippen LogP contribution in [0.5, 0.6) is 5.75 Å². The third kappa shape index (κ3) is 4.97. The van der Waals surface area contributed by atoms with E-state index in [1.54, 1.807) is 25.3 Å². The molecule has 0 atom stereocenters. The number of benzene rings is 3. The average Bonchev–Trinajstić information content (AvgIpc) is 3.32. The number of rotatable bonds is 9. The molecule has 2 N–H and O–H groups in total. The molecule has 0 saturated carbocycles. The fraction of sp³-hybridized carbons (Fsp3) is 0.250. The third-order valence-corrected chi connectivity index (χ3v) is 5.76. The van der Waals surface area contributed by atoms with Gasteiger partial charge in [0.25, 0.3) is 0 Å². The summed E-state index contributed by atoms with van der Waals surface area (Å²) in [6.45, 7) is 4.61. The highest BCUT2D eigenvalue weighted by atomic mass is 19.1. The standard InChI is InChI=1S/C28H28FNO4/c1-3-20-6-5-7-23(27(20)29)24-13-19(12-22-10-11-33-28(22)24)17-34-25-14-18(16-30)8-9-21(25)15-26(31)32-4-2/h5-14H,3-4,15-17,30H2,1-2H3. The predicted molar refractivity (Wildman–Crippen MR) is 130 cm³/mol. The molecule has 0 aliphatic heterocycles. The molecule has 1 heterocycles. The van der Waals surface area contributed by atoms with Gasteiger partial charge in [-0.05, 0) is 54.3 Å². The third-order valence-electron chi connectivity index (χ3n) is 5.76. The summed E-state index contributed by atoms with van der Waals surface area (Å²) in [4.78, 5) is 12.0. The van der Waals surface area contributed by atoms with Crippen molar-refractivity contribution in [2.45, 2.75) is 39.8 Å². The van der Waals surface area contributed by atoms with Gasteiger partial charge in [0.1, 0.15) is 23.8 Å². The summed E-state index contributed by atoms with van der Waals surface area (Å²) >= 11 is 0. The highest BCUT2D eigenvalue weighted by Crippen LogP contribution is 2.34. The summed E-state index contributed by atoms with van der Waals surface area (Å²) in [5.41, 5.74) is 10.7. The second-order valence-corrected chi connectivity index (χ2v) is 8.03. The summed E-state index contributed by atoms with van der Waals surface area (Å²) in [6.07, 6.45) is 2.31. The lowest BCUT2D eigenvalue weighted by Crippen LogP contribution is -2.10. The lowest BCUT2D eigenvalue weighted by atomic mass is 9.97. The first-order valence-electron chi connectivity index (χ1n) is 11.4. The van der Waals surface area contributed by atoms with Crippen LogP contribution in [0.1, 0.15) is 36.1 Å². The van der Waals surface area contributed by atoms with Crippen LogP contribution in [0.2, 0.25) is 0 Å². The van der Waals surface area contributed by atoms with Gasteiger partial charge in [0.05, 0.1) is 19.3 Å². The van der Waals surface area contributed by atoms with Gasteiger partial charge in [-0.15, -0.1) is 0 Å². The molecule has 3 aromatic carbocycles. The first kappa shape index (κ1) is 23.5. The van der Waals surface area contributed by atoms with E-state index in [-0.39, 0.29) is 24.8 Å². The van der Waals surface area contributed by atoms with Gasteiger partial charge in [0.2, 0.25) is 0 Å². The Labute approximate surface area is 198 Å². The molecule has 0 unspecified atom stereocenters. The van der Waals surface area contributed by atoms with E-state index < -0.39 is 0 Å². The van der Waals surface area contributed by atoms with Crippen molar-refractivity contribution in [1.82, 2.24) is 0 Å². The van der Waals surface area contributed by atoms with Crippen LogP contribution in [0.3, 0.4) is 0 Å². The molecule has 176 valence electrons. The van der Waals surface area contributed by atoms with Crippen LogP contribution in [0.15, 0.2) is 65.3 Å². The summed E-state index contributed by atoms with van der Waals surface area (Å²) in [5.74, 6) is 0.0124. The van der Waals surface area contributed by atoms with Crippen LogP contribution in [0, 0.1) is 5.82 Å². The monoisotopic (exact) mass is 461 g/mol. The highest BCUT2D eigenvalue weighted by molar-refractivity contribution is 5.93. The minimum Gasteiger partial charge on any atom is -0.489 e. The van der Waals surface area contributed by atoms with Crippen molar-refractivity contribution in [3.05, 3.63) is 88.9 Å². The van der Waals surface area contributed by atoms with E-state index in [2.05, 4.69) is 0 Å². The number of furan rings is 1. The smallest absolute Gasteiger partial charge is 0.310 e. The number of hydrogen-bond donors (Lipinski definition) is 1. The number of ether oxygens (including phenoxy) is 2. The van der Waals surface area contributed by atoms with E-state index in [0.29, 0.717) is 47.6 Å². The zero-order chi connectivity index (χ0) is 24.1. The molecule has 1 aromatic heterocycles. The van der Waals surface area contributed by atoms with Gasteiger partial charge in [0, 0.05) is 28.6 Å². The van der Waals surface area contributed by atoms with Gasteiger partial charge < -0.3 is 19.6 Å². The quantitative estimate of drug-likeness (QED) is 0.312. The lowest BCUT2D eigenvalue weighted by molar-refractivity contribution is -0.142. The van der Waals surface area contributed by atoms with Crippen molar-refractivity contribution in [2.24, 2.45) is 5.73 Å². The molecule has 4 rings (SSSR count). The maximum Gasteiger partial charge on any atom is 0.310 e. The Kier molecular flexibility index (Phi) is 7.28. The molecular formula is C28H28FNO4. The van der Waals surface area contributed by atoms with Crippen molar-refractivity contribution in [3.63, 3.8) is 0 Å². The van der Waals surface area contributed by atoms with Gasteiger partial charge in [-0.25, -0.2) is 4.39 Å². The topological polar surface area (TPSA) is 74.7 Å². The molecule has 4 aromatic rings. The second kappa shape index (κ2) is 10.5. The Morgan fingerprint density at radius 1 is 1.00 bits per heavy atom. The zero-order valence-electron chi connectivity index (χ0n) is 19.4. The zero-order valence-corrected chi connectivity index (χ0v) is 19.4. The molecule has 0 saturated heterocycles. The van der Waals surface area contributed by atoms with E-state index in [4.69, 9.17) is 19.6 Å². The Morgan fingerprint density at radius 2 is 1.85 bits per heavy atom. The highest BCUT2D eigenvalue weighted by Gasteiger charge is 2.16. The van der Waals surface area contributed by atoms with E-state index in [1.807, 2.05) is 49.4 Å². The van der Waals surface area contributed by atoms with Gasteiger partial charge in [-0.3, -0.25) is 4.79 Å². The molecular weight excluding hydrogens is 433 g/mol. The molecule has 5 nitrogen and oxygen atoms in total. The number of carbonyl (C=O) groups is 1. The number of esters is 1. The minimum atomic E-state index is -0.318. The van der Waals surface area contributed by atoms with E-state index in [0.717, 1.165) is 22.1 Å². The molecule has 0 spiro atoms. The van der Waals surface area contributed by atoms with Crippen molar-refractivity contribution >= 4 is 16.9 Å². The van der Waals surface area contributed by atoms with Crippen LogP contribution in [-0.4, -0.2) is 12.6 Å². The van der Waals surface area contributed by atoms with Crippen molar-refractivity contribution < 1.29 is 23.1 Å². The number of hydrogen-bond acceptors (Lipinski definition) is 5. The Bertz CT molecular complexity index is 1310. The maximum absolute atomic E-state index is 15.2. The van der Waals surface area contributed by atoms with Crippen LogP contribution in [-0.2, 0) is 35.5 Å². The Morgan fingerprint density at radius 3 is 2.62 bits per heavy atom. The lowest BCUT2D eigenvalue weighted by Gasteiger charge is -2.14. The van der Waals surface area contributed by atoms with E-state index in [1.165, 1.54) is 0 Å². The summed E-state index contributed by atoms with van der Waals surface area (Å²) < 4.78 is 32.1. The number of aryl methyl sites for hydroxylation is 1. The fourth-order valence-electron chi connectivity index (χ4n) is 4.02. The molecule has 0 aliphatic carbocycles. The van der Waals surface area contributed by atoms with E-state index >= 15 is 4.39 Å². The van der Waals surface area contributed by atoms with Gasteiger partial charge in [0.15, 0.2) is 0 Å². The normalized spacial score (nSPS) is 11.1. The van der Waals surface area contributed by atoms with Crippen LogP contribution >= 0.6 is 0 Å². The largest absolute Gasteiger partial charge is 0.489 e. The van der Waals surface area contributed by atoms with Crippen LogP contribution in [0.25, 0.3) is 22.1 Å². The predicted octanol–water partition coefficient (Wildman–Crippen LogP) is 5.94. The number of carbonyl (C=O) groups excluding carboxylic acids is 1. The van der Waals surface area contributed by atoms with Crippen LogP contribution in [0.4, 0.5) is 4.39 Å². The Balaban J connectivity index is 1.67. The Hall–Kier alpha value is -3.64. The number of nitrogens with two attached hydrogens (primary N) is 1. The number of halogens is 1. The second-order valence-electron chi connectivity index (χ2n) is 8.03. The summed E-state index contributed by atoms with van der Waals surface area (Å²) in [7, 11) is 0. The van der Waals surface area contributed by atoms with Gasteiger partial charge >= 0.3 is 5.97 Å². The molecule has 0 amide bonds. The SMILES string of the molecule is CCOC(=O)Cc1ccc(CN)cc1OCc1cc(-c2cccc(CC)c2F)c2occc2c1. The van der Waals surface area contributed by atoms with Crippen molar-refractivity contribution in [3.8, 4) is 16.9 Å². The molecule has 0 fully saturated rings. The maximum atomic E-state index is 15.2. The molecule has 0 aliphatic rings. The molecule has 0 bridgehead atoms. The first-order valence-corrected chi connectivity index (χ1v) is 11.4. The fourth-order valence-corrected chi connectivity index (χ4v) is 4.02. The van der Waals surface area contributed by atoms with Crippen molar-refractivity contribution in [2.75, 3.05) is 6.61 Å². The van der Waals surface area contributed by atoms with Crippen LogP contribution < -0.4 is 10.5 Å².